The van der Waals surface area contributed by atoms with Crippen LogP contribution in [0.15, 0.2) is 15.7 Å². The Morgan fingerprint density at radius 3 is 3.10 bits per heavy atom. The lowest BCUT2D eigenvalue weighted by Crippen LogP contribution is -1.94. The van der Waals surface area contributed by atoms with Crippen molar-refractivity contribution in [1.29, 1.82) is 0 Å². The Hall–Kier alpha value is -1.32. The molecule has 0 aromatic carbocycles. The van der Waals surface area contributed by atoms with E-state index in [1.807, 2.05) is 6.92 Å². The molecule has 0 atom stereocenters. The molecule has 1 aromatic rings. The highest BCUT2D eigenvalue weighted by Crippen LogP contribution is 1.97. The summed E-state index contributed by atoms with van der Waals surface area (Å²) in [4.78, 5) is 0. The molecular weight excluding hydrogens is 130 g/mol. The van der Waals surface area contributed by atoms with Crippen molar-refractivity contribution in [2.45, 2.75) is 6.92 Å². The van der Waals surface area contributed by atoms with E-state index in [2.05, 4.69) is 15.7 Å². The number of aryl methyl sites for hydroxylation is 1. The highest BCUT2D eigenvalue weighted by molar-refractivity contribution is 5.76. The van der Waals surface area contributed by atoms with Gasteiger partial charge in [0, 0.05) is 13.1 Å². The molecule has 0 amide bonds. The van der Waals surface area contributed by atoms with Crippen molar-refractivity contribution in [3.63, 3.8) is 0 Å². The zero-order chi connectivity index (χ0) is 7.40. The second-order valence-electron chi connectivity index (χ2n) is 1.84. The van der Waals surface area contributed by atoms with Gasteiger partial charge in [0.15, 0.2) is 0 Å². The molecule has 0 fully saturated rings. The molecule has 0 spiro atoms. The lowest BCUT2D eigenvalue weighted by molar-refractivity contribution is 0.396. The first kappa shape index (κ1) is 6.80. The standard InChI is InChI=1S/C6H9N3O/c1-5-3-6(9-10-5)4-8-7-2/h3-4,7H,1-2H3/b8-4+. The topological polar surface area (TPSA) is 50.4 Å². The second kappa shape index (κ2) is 3.00. The summed E-state index contributed by atoms with van der Waals surface area (Å²) in [5.41, 5.74) is 3.34. The highest BCUT2D eigenvalue weighted by atomic mass is 16.5. The van der Waals surface area contributed by atoms with E-state index in [4.69, 9.17) is 4.52 Å². The number of hydrazone groups is 1. The van der Waals surface area contributed by atoms with E-state index in [-0.39, 0.29) is 0 Å². The first-order valence-electron chi connectivity index (χ1n) is 2.96. The summed E-state index contributed by atoms with van der Waals surface area (Å²) in [6, 6.07) is 1.81. The van der Waals surface area contributed by atoms with Gasteiger partial charge in [-0.2, -0.15) is 5.10 Å². The van der Waals surface area contributed by atoms with Crippen LogP contribution in [-0.2, 0) is 0 Å². The molecule has 0 saturated carbocycles. The van der Waals surface area contributed by atoms with E-state index in [0.29, 0.717) is 0 Å². The van der Waals surface area contributed by atoms with Crippen LogP contribution in [0.2, 0.25) is 0 Å². The molecule has 10 heavy (non-hydrogen) atoms. The molecule has 4 heteroatoms. The minimum atomic E-state index is 0.729. The van der Waals surface area contributed by atoms with Crippen molar-refractivity contribution in [3.8, 4) is 0 Å². The largest absolute Gasteiger partial charge is 0.361 e. The summed E-state index contributed by atoms with van der Waals surface area (Å²) in [5.74, 6) is 0.789. The molecule has 1 heterocycles. The van der Waals surface area contributed by atoms with Crippen LogP contribution in [0.3, 0.4) is 0 Å². The lowest BCUT2D eigenvalue weighted by Gasteiger charge is -1.80. The van der Waals surface area contributed by atoms with E-state index in [0.717, 1.165) is 11.5 Å². The predicted octanol–water partition coefficient (Wildman–Crippen LogP) is 0.536. The van der Waals surface area contributed by atoms with Crippen molar-refractivity contribution < 1.29 is 4.52 Å². The lowest BCUT2D eigenvalue weighted by atomic mass is 10.4. The van der Waals surface area contributed by atoms with Gasteiger partial charge in [0.05, 0.1) is 6.21 Å². The van der Waals surface area contributed by atoms with Gasteiger partial charge in [-0.15, -0.1) is 0 Å². The molecule has 0 unspecified atom stereocenters. The van der Waals surface area contributed by atoms with Gasteiger partial charge in [0.25, 0.3) is 0 Å². The molecule has 0 aliphatic heterocycles. The SMILES string of the molecule is CN/N=C/c1cc(C)on1. The van der Waals surface area contributed by atoms with Crippen LogP contribution in [0.1, 0.15) is 11.5 Å². The summed E-state index contributed by atoms with van der Waals surface area (Å²) in [6.07, 6.45) is 1.59. The van der Waals surface area contributed by atoms with Gasteiger partial charge in [0.1, 0.15) is 11.5 Å². The third-order valence-corrected chi connectivity index (χ3v) is 0.972. The van der Waals surface area contributed by atoms with Crippen molar-refractivity contribution in [2.24, 2.45) is 5.10 Å². The molecule has 0 radical (unpaired) electrons. The third-order valence-electron chi connectivity index (χ3n) is 0.972. The first-order valence-corrected chi connectivity index (χ1v) is 2.96. The Bertz CT molecular complexity index is 229. The molecule has 0 aliphatic rings. The van der Waals surface area contributed by atoms with Crippen LogP contribution in [0.4, 0.5) is 0 Å². The van der Waals surface area contributed by atoms with Gasteiger partial charge in [-0.25, -0.2) is 0 Å². The van der Waals surface area contributed by atoms with Gasteiger partial charge >= 0.3 is 0 Å². The van der Waals surface area contributed by atoms with Crippen LogP contribution in [-0.4, -0.2) is 18.4 Å². The van der Waals surface area contributed by atoms with Crippen molar-refractivity contribution in [2.75, 3.05) is 7.05 Å². The molecule has 4 nitrogen and oxygen atoms in total. The zero-order valence-corrected chi connectivity index (χ0v) is 5.96. The normalized spacial score (nSPS) is 10.6. The number of nitrogens with one attached hydrogen (secondary N) is 1. The average molecular weight is 139 g/mol. The fourth-order valence-corrected chi connectivity index (χ4v) is 0.577. The zero-order valence-electron chi connectivity index (χ0n) is 5.96. The fourth-order valence-electron chi connectivity index (χ4n) is 0.577. The number of rotatable bonds is 2. The Morgan fingerprint density at radius 1 is 1.80 bits per heavy atom. The molecule has 0 saturated heterocycles. The minimum absolute atomic E-state index is 0.729. The smallest absolute Gasteiger partial charge is 0.134 e. The molecule has 1 rings (SSSR count). The van der Waals surface area contributed by atoms with Crippen molar-refractivity contribution >= 4 is 6.21 Å². The quantitative estimate of drug-likeness (QED) is 0.480. The van der Waals surface area contributed by atoms with Crippen LogP contribution in [0.25, 0.3) is 0 Å². The number of hydrogen-bond donors (Lipinski definition) is 1. The Balaban J connectivity index is 2.67. The Kier molecular flexibility index (Phi) is 2.04. The summed E-state index contributed by atoms with van der Waals surface area (Å²) in [6.45, 7) is 1.84. The molecule has 0 aliphatic carbocycles. The van der Waals surface area contributed by atoms with Gasteiger partial charge < -0.3 is 9.95 Å². The number of aromatic nitrogens is 1. The van der Waals surface area contributed by atoms with Gasteiger partial charge in [-0.3, -0.25) is 0 Å². The monoisotopic (exact) mass is 139 g/mol. The van der Waals surface area contributed by atoms with Crippen LogP contribution in [0, 0.1) is 6.92 Å². The van der Waals surface area contributed by atoms with Gasteiger partial charge in [-0.1, -0.05) is 5.16 Å². The van der Waals surface area contributed by atoms with Crippen molar-refractivity contribution in [3.05, 3.63) is 17.5 Å². The van der Waals surface area contributed by atoms with E-state index in [1.54, 1.807) is 19.3 Å². The van der Waals surface area contributed by atoms with E-state index in [1.165, 1.54) is 0 Å². The van der Waals surface area contributed by atoms with Crippen LogP contribution >= 0.6 is 0 Å². The van der Waals surface area contributed by atoms with Gasteiger partial charge in [-0.05, 0) is 6.92 Å². The number of nitrogens with zero attached hydrogens (tertiary/aromatic N) is 2. The average Bonchev–Trinajstić information content (AvgIpc) is 2.31. The maximum atomic E-state index is 4.79. The van der Waals surface area contributed by atoms with Crippen LogP contribution in [0.5, 0.6) is 0 Å². The van der Waals surface area contributed by atoms with E-state index >= 15 is 0 Å². The Morgan fingerprint density at radius 2 is 2.60 bits per heavy atom. The van der Waals surface area contributed by atoms with Crippen molar-refractivity contribution in [1.82, 2.24) is 10.6 Å². The maximum absolute atomic E-state index is 4.79. The van der Waals surface area contributed by atoms with Gasteiger partial charge in [0.2, 0.25) is 0 Å². The fraction of sp³-hybridized carbons (Fsp3) is 0.333. The van der Waals surface area contributed by atoms with E-state index < -0.39 is 0 Å². The van der Waals surface area contributed by atoms with Crippen LogP contribution < -0.4 is 5.43 Å². The summed E-state index contributed by atoms with van der Waals surface area (Å²) >= 11 is 0. The predicted molar refractivity (Wildman–Crippen MR) is 37.9 cm³/mol. The Labute approximate surface area is 58.9 Å². The molecule has 1 N–H and O–H groups in total. The molecular formula is C6H9N3O. The summed E-state index contributed by atoms with van der Waals surface area (Å²) < 4.78 is 4.79. The first-order chi connectivity index (χ1) is 4.83. The second-order valence-corrected chi connectivity index (χ2v) is 1.84. The molecule has 54 valence electrons. The molecule has 0 bridgehead atoms. The minimum Gasteiger partial charge on any atom is -0.361 e. The summed E-state index contributed by atoms with van der Waals surface area (Å²) in [5, 5.41) is 7.45. The van der Waals surface area contributed by atoms with E-state index in [9.17, 15) is 0 Å². The highest BCUT2D eigenvalue weighted by Gasteiger charge is 1.93. The molecule has 1 aromatic heterocycles. The summed E-state index contributed by atoms with van der Waals surface area (Å²) in [7, 11) is 1.73. The maximum Gasteiger partial charge on any atom is 0.134 e. The number of hydrogen-bond acceptors (Lipinski definition) is 4. The third kappa shape index (κ3) is 1.58.